The molecule has 2 aliphatic rings. The van der Waals surface area contributed by atoms with Crippen LogP contribution in [-0.2, 0) is 12.8 Å². The molecular formula is C21H26N2O2S2. The van der Waals surface area contributed by atoms with Gasteiger partial charge in [0.25, 0.3) is 11.8 Å². The molecule has 0 radical (unpaired) electrons. The standard InChI is InChI=1S/C21H26N2O2S2/c1-13-7-9-23(10-8-13)21(25)18-15-6-5-14(2)12-17(15)27-20(18)22-19(24)16-4-3-11-26-16/h3-4,11,13-14H,5-10,12H2,1-2H3,(H,22,24). The van der Waals surface area contributed by atoms with Gasteiger partial charge in [-0.3, -0.25) is 9.59 Å². The lowest BCUT2D eigenvalue weighted by atomic mass is 9.88. The van der Waals surface area contributed by atoms with Crippen LogP contribution in [-0.4, -0.2) is 29.8 Å². The molecule has 0 spiro atoms. The van der Waals surface area contributed by atoms with Gasteiger partial charge in [-0.05, 0) is 60.9 Å². The van der Waals surface area contributed by atoms with Crippen molar-refractivity contribution in [1.82, 2.24) is 4.90 Å². The van der Waals surface area contributed by atoms with Crippen molar-refractivity contribution >= 4 is 39.5 Å². The molecule has 0 bridgehead atoms. The first-order valence-electron chi connectivity index (χ1n) is 9.81. The predicted molar refractivity (Wildman–Crippen MR) is 112 cm³/mol. The first-order chi connectivity index (χ1) is 13.0. The van der Waals surface area contributed by atoms with Gasteiger partial charge in [0.2, 0.25) is 0 Å². The quantitative estimate of drug-likeness (QED) is 0.780. The topological polar surface area (TPSA) is 49.4 Å². The minimum absolute atomic E-state index is 0.107. The van der Waals surface area contributed by atoms with E-state index in [4.69, 9.17) is 0 Å². The molecule has 2 aromatic rings. The van der Waals surface area contributed by atoms with Gasteiger partial charge in [-0.2, -0.15) is 0 Å². The van der Waals surface area contributed by atoms with Crippen molar-refractivity contribution in [1.29, 1.82) is 0 Å². The predicted octanol–water partition coefficient (Wildman–Crippen LogP) is 5.06. The fourth-order valence-electron chi connectivity index (χ4n) is 4.01. The molecule has 4 rings (SSSR count). The Morgan fingerprint density at radius 3 is 2.63 bits per heavy atom. The third-order valence-electron chi connectivity index (χ3n) is 5.77. The number of nitrogens with one attached hydrogen (secondary N) is 1. The molecule has 1 unspecified atom stereocenters. The first kappa shape index (κ1) is 18.7. The number of anilines is 1. The van der Waals surface area contributed by atoms with Crippen LogP contribution in [0.3, 0.4) is 0 Å². The number of nitrogens with zero attached hydrogens (tertiary/aromatic N) is 1. The van der Waals surface area contributed by atoms with Crippen LogP contribution in [0.4, 0.5) is 5.00 Å². The maximum absolute atomic E-state index is 13.4. The SMILES string of the molecule is CC1CCN(C(=O)c2c(NC(=O)c3cccs3)sc3c2CCC(C)C3)CC1. The highest BCUT2D eigenvalue weighted by Gasteiger charge is 2.32. The Morgan fingerprint density at radius 1 is 1.15 bits per heavy atom. The van der Waals surface area contributed by atoms with Gasteiger partial charge < -0.3 is 10.2 Å². The summed E-state index contributed by atoms with van der Waals surface area (Å²) in [4.78, 5) is 30.0. The van der Waals surface area contributed by atoms with E-state index in [1.54, 1.807) is 11.3 Å². The van der Waals surface area contributed by atoms with E-state index in [0.717, 1.165) is 55.8 Å². The number of thiophene rings is 2. The summed E-state index contributed by atoms with van der Waals surface area (Å²) in [6.07, 6.45) is 5.18. The summed E-state index contributed by atoms with van der Waals surface area (Å²) in [7, 11) is 0. The lowest BCUT2D eigenvalue weighted by molar-refractivity contribution is 0.0697. The molecule has 144 valence electrons. The highest BCUT2D eigenvalue weighted by Crippen LogP contribution is 2.41. The van der Waals surface area contributed by atoms with Gasteiger partial charge in [0, 0.05) is 18.0 Å². The van der Waals surface area contributed by atoms with Gasteiger partial charge in [0.1, 0.15) is 5.00 Å². The zero-order valence-electron chi connectivity index (χ0n) is 15.9. The van der Waals surface area contributed by atoms with Crippen LogP contribution in [0.5, 0.6) is 0 Å². The molecule has 6 heteroatoms. The summed E-state index contributed by atoms with van der Waals surface area (Å²) < 4.78 is 0. The average molecular weight is 403 g/mol. The smallest absolute Gasteiger partial charge is 0.266 e. The maximum Gasteiger partial charge on any atom is 0.266 e. The minimum atomic E-state index is -0.113. The van der Waals surface area contributed by atoms with Gasteiger partial charge in [0.15, 0.2) is 0 Å². The van der Waals surface area contributed by atoms with Crippen molar-refractivity contribution in [3.05, 3.63) is 38.4 Å². The molecule has 2 aromatic heterocycles. The zero-order chi connectivity index (χ0) is 19.0. The number of amides is 2. The van der Waals surface area contributed by atoms with Crippen LogP contribution in [0.25, 0.3) is 0 Å². The van der Waals surface area contributed by atoms with Crippen LogP contribution in [0.15, 0.2) is 17.5 Å². The Labute approximate surface area is 168 Å². The molecule has 1 aliphatic heterocycles. The van der Waals surface area contributed by atoms with Crippen molar-refractivity contribution < 1.29 is 9.59 Å². The Balaban J connectivity index is 1.65. The van der Waals surface area contributed by atoms with Gasteiger partial charge >= 0.3 is 0 Å². The van der Waals surface area contributed by atoms with Crippen LogP contribution >= 0.6 is 22.7 Å². The highest BCUT2D eigenvalue weighted by atomic mass is 32.1. The molecule has 0 saturated carbocycles. The summed E-state index contributed by atoms with van der Waals surface area (Å²) in [5, 5.41) is 5.70. The van der Waals surface area contributed by atoms with Gasteiger partial charge in [-0.1, -0.05) is 19.9 Å². The second kappa shape index (κ2) is 7.76. The third kappa shape index (κ3) is 3.83. The summed E-state index contributed by atoms with van der Waals surface area (Å²) in [6, 6.07) is 3.70. The van der Waals surface area contributed by atoms with Crippen LogP contribution in [0.1, 0.15) is 63.6 Å². The molecular weight excluding hydrogens is 376 g/mol. The Morgan fingerprint density at radius 2 is 1.93 bits per heavy atom. The average Bonchev–Trinajstić information content (AvgIpc) is 3.29. The van der Waals surface area contributed by atoms with Crippen molar-refractivity contribution in [3.63, 3.8) is 0 Å². The monoisotopic (exact) mass is 402 g/mol. The normalized spacial score (nSPS) is 20.4. The van der Waals surface area contributed by atoms with Crippen LogP contribution in [0.2, 0.25) is 0 Å². The minimum Gasteiger partial charge on any atom is -0.339 e. The second-order valence-electron chi connectivity index (χ2n) is 7.96. The van der Waals surface area contributed by atoms with E-state index in [2.05, 4.69) is 19.2 Å². The van der Waals surface area contributed by atoms with E-state index in [0.29, 0.717) is 16.7 Å². The molecule has 1 fully saturated rings. The summed E-state index contributed by atoms with van der Waals surface area (Å²) in [5.41, 5.74) is 1.95. The van der Waals surface area contributed by atoms with Gasteiger partial charge in [-0.25, -0.2) is 0 Å². The molecule has 1 atom stereocenters. The molecule has 1 N–H and O–H groups in total. The number of carbonyl (C=O) groups is 2. The molecule has 27 heavy (non-hydrogen) atoms. The van der Waals surface area contributed by atoms with Crippen LogP contribution < -0.4 is 5.32 Å². The largest absolute Gasteiger partial charge is 0.339 e. The van der Waals surface area contributed by atoms with E-state index in [1.807, 2.05) is 22.4 Å². The number of rotatable bonds is 3. The second-order valence-corrected chi connectivity index (χ2v) is 10.0. The number of piperidine rings is 1. The van der Waals surface area contributed by atoms with Gasteiger partial charge in [-0.15, -0.1) is 22.7 Å². The van der Waals surface area contributed by atoms with Crippen molar-refractivity contribution in [3.8, 4) is 0 Å². The first-order valence-corrected chi connectivity index (χ1v) is 11.5. The summed E-state index contributed by atoms with van der Waals surface area (Å²) in [5.74, 6) is 1.31. The Kier molecular flexibility index (Phi) is 5.37. The number of hydrogen-bond donors (Lipinski definition) is 1. The molecule has 3 heterocycles. The molecule has 0 aromatic carbocycles. The number of carbonyl (C=O) groups excluding carboxylic acids is 2. The van der Waals surface area contributed by atoms with E-state index in [1.165, 1.54) is 21.8 Å². The molecule has 1 saturated heterocycles. The molecule has 4 nitrogen and oxygen atoms in total. The van der Waals surface area contributed by atoms with E-state index >= 15 is 0 Å². The number of hydrogen-bond acceptors (Lipinski definition) is 4. The molecule has 1 aliphatic carbocycles. The Hall–Kier alpha value is -1.66. The summed E-state index contributed by atoms with van der Waals surface area (Å²) >= 11 is 3.03. The van der Waals surface area contributed by atoms with Crippen molar-refractivity contribution in [2.75, 3.05) is 18.4 Å². The number of fused-ring (bicyclic) bond motifs is 1. The van der Waals surface area contributed by atoms with E-state index in [9.17, 15) is 9.59 Å². The van der Waals surface area contributed by atoms with Crippen LogP contribution in [0, 0.1) is 11.8 Å². The van der Waals surface area contributed by atoms with Crippen molar-refractivity contribution in [2.24, 2.45) is 11.8 Å². The lowest BCUT2D eigenvalue weighted by Crippen LogP contribution is -2.38. The summed E-state index contributed by atoms with van der Waals surface area (Å²) in [6.45, 7) is 6.15. The highest BCUT2D eigenvalue weighted by molar-refractivity contribution is 7.17. The Bertz CT molecular complexity index is 833. The molecule has 2 amide bonds. The van der Waals surface area contributed by atoms with E-state index < -0.39 is 0 Å². The maximum atomic E-state index is 13.4. The van der Waals surface area contributed by atoms with Gasteiger partial charge in [0.05, 0.1) is 10.4 Å². The number of likely N-dealkylation sites (tertiary alicyclic amines) is 1. The van der Waals surface area contributed by atoms with Crippen molar-refractivity contribution in [2.45, 2.75) is 46.0 Å². The third-order valence-corrected chi connectivity index (χ3v) is 7.81. The lowest BCUT2D eigenvalue weighted by Gasteiger charge is -2.31. The van der Waals surface area contributed by atoms with E-state index in [-0.39, 0.29) is 11.8 Å². The fraction of sp³-hybridized carbons (Fsp3) is 0.524. The fourth-order valence-corrected chi connectivity index (χ4v) is 6.02. The zero-order valence-corrected chi connectivity index (χ0v) is 17.5.